The number of fused-ring (bicyclic) bond motifs is 1. The summed E-state index contributed by atoms with van der Waals surface area (Å²) in [7, 11) is 0. The first-order valence-electron chi connectivity index (χ1n) is 6.12. The van der Waals surface area contributed by atoms with Gasteiger partial charge in [0.1, 0.15) is 16.9 Å². The van der Waals surface area contributed by atoms with Gasteiger partial charge in [0.05, 0.1) is 12.2 Å². The third-order valence-corrected chi connectivity index (χ3v) is 4.18. The second kappa shape index (κ2) is 5.56. The minimum atomic E-state index is -0.227. The predicted octanol–water partition coefficient (Wildman–Crippen LogP) is 2.19. The molecule has 0 aromatic carbocycles. The van der Waals surface area contributed by atoms with E-state index in [-0.39, 0.29) is 11.3 Å². The third-order valence-electron chi connectivity index (χ3n) is 3.10. The molecular weight excluding hydrogens is 260 g/mol. The number of nitrogens with two attached hydrogens (primary N) is 1. The van der Waals surface area contributed by atoms with E-state index in [9.17, 15) is 0 Å². The fourth-order valence-corrected chi connectivity index (χ4v) is 2.57. The first kappa shape index (κ1) is 13.8. The summed E-state index contributed by atoms with van der Waals surface area (Å²) >= 11 is 1.67. The van der Waals surface area contributed by atoms with Gasteiger partial charge in [-0.15, -0.1) is 11.8 Å². The Kier molecular flexibility index (Phi) is 4.04. The minimum absolute atomic E-state index is 0.227. The second-order valence-corrected chi connectivity index (χ2v) is 6.11. The van der Waals surface area contributed by atoms with Gasteiger partial charge in [-0.25, -0.2) is 15.0 Å². The van der Waals surface area contributed by atoms with Crippen LogP contribution in [0.3, 0.4) is 0 Å². The maximum absolute atomic E-state index is 7.52. The number of nitrogens with zero attached hydrogens (tertiary/aromatic N) is 3. The normalized spacial score (nSPS) is 11.9. The topological polar surface area (TPSA) is 104 Å². The summed E-state index contributed by atoms with van der Waals surface area (Å²) in [5.74, 6) is 1.18. The van der Waals surface area contributed by atoms with Gasteiger partial charge in [-0.3, -0.25) is 5.41 Å². The van der Waals surface area contributed by atoms with Crippen LogP contribution in [-0.4, -0.2) is 31.5 Å². The van der Waals surface area contributed by atoms with Crippen molar-refractivity contribution in [3.8, 4) is 0 Å². The van der Waals surface area contributed by atoms with Crippen molar-refractivity contribution < 1.29 is 0 Å². The molecule has 0 fully saturated rings. The van der Waals surface area contributed by atoms with Crippen LogP contribution in [0.4, 0.5) is 0 Å². The van der Waals surface area contributed by atoms with Crippen molar-refractivity contribution >= 4 is 28.8 Å². The summed E-state index contributed by atoms with van der Waals surface area (Å²) in [6.07, 6.45) is 5.04. The Morgan fingerprint density at radius 2 is 2.21 bits per heavy atom. The van der Waals surface area contributed by atoms with Crippen LogP contribution < -0.4 is 5.73 Å². The molecule has 0 aliphatic carbocycles. The maximum Gasteiger partial charge on any atom is 0.181 e. The molecule has 6 nitrogen and oxygen atoms in total. The molecule has 0 saturated carbocycles. The van der Waals surface area contributed by atoms with Crippen molar-refractivity contribution in [2.75, 3.05) is 5.75 Å². The summed E-state index contributed by atoms with van der Waals surface area (Å²) < 4.78 is 0. The number of aromatic amines is 1. The molecule has 19 heavy (non-hydrogen) atoms. The van der Waals surface area contributed by atoms with Crippen molar-refractivity contribution in [3.63, 3.8) is 0 Å². The van der Waals surface area contributed by atoms with Gasteiger partial charge in [0.25, 0.3) is 0 Å². The van der Waals surface area contributed by atoms with Crippen molar-refractivity contribution in [2.24, 2.45) is 11.1 Å². The molecule has 0 aliphatic heterocycles. The Morgan fingerprint density at radius 3 is 2.95 bits per heavy atom. The standard InChI is InChI=1S/C12H18N6S/c1-12(2,11(13)14)4-3-5-19-10-8-9(16-6-15-8)17-7-18-10/h6-7H,3-5H2,1-2H3,(H3,13,14)(H,15,16,17,18). The average Bonchev–Trinajstić information content (AvgIpc) is 2.83. The molecule has 0 radical (unpaired) electrons. The van der Waals surface area contributed by atoms with Crippen molar-refractivity contribution in [3.05, 3.63) is 12.7 Å². The van der Waals surface area contributed by atoms with E-state index in [1.54, 1.807) is 18.1 Å². The third kappa shape index (κ3) is 3.23. The average molecular weight is 278 g/mol. The van der Waals surface area contributed by atoms with E-state index in [0.717, 1.165) is 29.1 Å². The Morgan fingerprint density at radius 1 is 1.42 bits per heavy atom. The fraction of sp³-hybridized carbons (Fsp3) is 0.500. The molecule has 0 amide bonds. The predicted molar refractivity (Wildman–Crippen MR) is 77.3 cm³/mol. The lowest BCUT2D eigenvalue weighted by atomic mass is 9.87. The molecule has 2 aromatic heterocycles. The van der Waals surface area contributed by atoms with Crippen LogP contribution >= 0.6 is 11.8 Å². The first-order chi connectivity index (χ1) is 9.00. The van der Waals surface area contributed by atoms with Gasteiger partial charge in [-0.05, 0) is 18.6 Å². The molecule has 102 valence electrons. The van der Waals surface area contributed by atoms with E-state index in [2.05, 4.69) is 19.9 Å². The Bertz CT molecular complexity index is 576. The number of amidine groups is 1. The van der Waals surface area contributed by atoms with Crippen LogP contribution in [0, 0.1) is 10.8 Å². The SMILES string of the molecule is CC(C)(CCCSc1ncnc2nc[nH]c12)C(=N)N. The highest BCUT2D eigenvalue weighted by molar-refractivity contribution is 7.99. The molecule has 4 N–H and O–H groups in total. The smallest absolute Gasteiger partial charge is 0.181 e. The van der Waals surface area contributed by atoms with Crippen LogP contribution in [0.15, 0.2) is 17.7 Å². The van der Waals surface area contributed by atoms with Crippen LogP contribution in [0.1, 0.15) is 26.7 Å². The summed E-state index contributed by atoms with van der Waals surface area (Å²) in [5, 5.41) is 8.44. The number of imidazole rings is 1. The number of hydrogen-bond acceptors (Lipinski definition) is 5. The van der Waals surface area contributed by atoms with Crippen LogP contribution in [0.2, 0.25) is 0 Å². The summed E-state index contributed by atoms with van der Waals surface area (Å²) in [6.45, 7) is 4.00. The van der Waals surface area contributed by atoms with Gasteiger partial charge in [0, 0.05) is 5.41 Å². The number of nitrogens with one attached hydrogen (secondary N) is 2. The molecule has 0 bridgehead atoms. The van der Waals surface area contributed by atoms with E-state index in [0.29, 0.717) is 5.65 Å². The van der Waals surface area contributed by atoms with Gasteiger partial charge in [-0.1, -0.05) is 13.8 Å². The number of thioether (sulfide) groups is 1. The zero-order chi connectivity index (χ0) is 13.9. The van der Waals surface area contributed by atoms with E-state index in [4.69, 9.17) is 11.1 Å². The number of aromatic nitrogens is 4. The maximum atomic E-state index is 7.52. The monoisotopic (exact) mass is 278 g/mol. The molecule has 0 saturated heterocycles. The quantitative estimate of drug-likeness (QED) is 0.247. The molecule has 0 aliphatic rings. The van der Waals surface area contributed by atoms with Crippen molar-refractivity contribution in [1.82, 2.24) is 19.9 Å². The molecule has 2 rings (SSSR count). The van der Waals surface area contributed by atoms with Crippen LogP contribution in [0.25, 0.3) is 11.2 Å². The van der Waals surface area contributed by atoms with E-state index >= 15 is 0 Å². The largest absolute Gasteiger partial charge is 0.387 e. The molecule has 2 aromatic rings. The zero-order valence-corrected chi connectivity index (χ0v) is 11.9. The molecular formula is C12H18N6S. The lowest BCUT2D eigenvalue weighted by Gasteiger charge is -2.22. The van der Waals surface area contributed by atoms with Crippen LogP contribution in [0.5, 0.6) is 0 Å². The molecule has 7 heteroatoms. The number of hydrogen-bond donors (Lipinski definition) is 3. The second-order valence-electron chi connectivity index (χ2n) is 5.03. The van der Waals surface area contributed by atoms with Crippen LogP contribution in [-0.2, 0) is 0 Å². The summed E-state index contributed by atoms with van der Waals surface area (Å²) in [5.41, 5.74) is 6.92. The van der Waals surface area contributed by atoms with Gasteiger partial charge in [-0.2, -0.15) is 0 Å². The fourth-order valence-electron chi connectivity index (χ4n) is 1.67. The number of H-pyrrole nitrogens is 1. The number of rotatable bonds is 6. The van der Waals surface area contributed by atoms with Gasteiger partial charge < -0.3 is 10.7 Å². The highest BCUT2D eigenvalue weighted by Crippen LogP contribution is 2.26. The zero-order valence-electron chi connectivity index (χ0n) is 11.1. The van der Waals surface area contributed by atoms with E-state index < -0.39 is 0 Å². The minimum Gasteiger partial charge on any atom is -0.387 e. The highest BCUT2D eigenvalue weighted by Gasteiger charge is 2.20. The van der Waals surface area contributed by atoms with Crippen molar-refractivity contribution in [2.45, 2.75) is 31.7 Å². The Balaban J connectivity index is 1.90. The lowest BCUT2D eigenvalue weighted by molar-refractivity contribution is 0.464. The van der Waals surface area contributed by atoms with E-state index in [1.807, 2.05) is 13.8 Å². The molecule has 0 unspecified atom stereocenters. The summed E-state index contributed by atoms with van der Waals surface area (Å²) in [4.78, 5) is 15.5. The lowest BCUT2D eigenvalue weighted by Crippen LogP contribution is -2.30. The van der Waals surface area contributed by atoms with Crippen molar-refractivity contribution in [1.29, 1.82) is 5.41 Å². The summed E-state index contributed by atoms with van der Waals surface area (Å²) in [6, 6.07) is 0. The molecule has 0 spiro atoms. The van der Waals surface area contributed by atoms with Gasteiger partial charge >= 0.3 is 0 Å². The Labute approximate surface area is 116 Å². The highest BCUT2D eigenvalue weighted by atomic mass is 32.2. The van der Waals surface area contributed by atoms with Gasteiger partial charge in [0.15, 0.2) is 5.65 Å². The van der Waals surface area contributed by atoms with Gasteiger partial charge in [0.2, 0.25) is 0 Å². The van der Waals surface area contributed by atoms with E-state index in [1.165, 1.54) is 6.33 Å². The Hall–Kier alpha value is -1.63. The molecule has 2 heterocycles. The molecule has 0 atom stereocenters. The first-order valence-corrected chi connectivity index (χ1v) is 7.10.